The van der Waals surface area contributed by atoms with Crippen LogP contribution in [0.1, 0.15) is 17.8 Å². The van der Waals surface area contributed by atoms with Crippen molar-refractivity contribution in [3.8, 4) is 0 Å². The summed E-state index contributed by atoms with van der Waals surface area (Å²) in [7, 11) is 4.11. The molecule has 0 fully saturated rings. The maximum absolute atomic E-state index is 4.11. The smallest absolute Gasteiger partial charge is 0.0795 e. The summed E-state index contributed by atoms with van der Waals surface area (Å²) < 4.78 is 0. The van der Waals surface area contributed by atoms with Gasteiger partial charge in [-0.05, 0) is 19.1 Å². The van der Waals surface area contributed by atoms with Gasteiger partial charge >= 0.3 is 0 Å². The van der Waals surface area contributed by atoms with Crippen molar-refractivity contribution in [1.29, 1.82) is 0 Å². The molecule has 4 heteroatoms. The summed E-state index contributed by atoms with van der Waals surface area (Å²) in [5, 5.41) is 3.52. The molecule has 90 valence electrons. The molecule has 2 rings (SSSR count). The maximum atomic E-state index is 4.11. The van der Waals surface area contributed by atoms with E-state index in [0.717, 1.165) is 5.69 Å². The molecule has 1 atom stereocenters. The zero-order chi connectivity index (χ0) is 12.3. The molecule has 0 amide bonds. The number of benzene rings is 1. The van der Waals surface area contributed by atoms with Crippen LogP contribution < -0.4 is 10.2 Å². The Morgan fingerprint density at radius 3 is 2.71 bits per heavy atom. The number of nitrogens with zero attached hydrogens (tertiary/aromatic N) is 2. The van der Waals surface area contributed by atoms with Gasteiger partial charge in [0.05, 0.1) is 22.9 Å². The van der Waals surface area contributed by atoms with Crippen molar-refractivity contribution >= 4 is 22.7 Å². The molecule has 1 aromatic carbocycles. The largest absolute Gasteiger partial charge is 0.376 e. The molecule has 0 saturated heterocycles. The molecule has 1 unspecified atom stereocenters. The third-order valence-electron chi connectivity index (χ3n) is 2.64. The van der Waals surface area contributed by atoms with Crippen LogP contribution in [0.25, 0.3) is 0 Å². The lowest BCUT2D eigenvalue weighted by Crippen LogP contribution is -2.13. The van der Waals surface area contributed by atoms with Gasteiger partial charge in [0.15, 0.2) is 0 Å². The number of hydrogen-bond donors (Lipinski definition) is 1. The van der Waals surface area contributed by atoms with E-state index in [0.29, 0.717) is 0 Å². The van der Waals surface area contributed by atoms with Crippen LogP contribution in [0, 0.1) is 0 Å². The first kappa shape index (κ1) is 11.9. The molecule has 0 bridgehead atoms. The summed E-state index contributed by atoms with van der Waals surface area (Å²) in [6, 6.07) is 8.60. The molecular weight excluding hydrogens is 230 g/mol. The van der Waals surface area contributed by atoms with Gasteiger partial charge in [-0.1, -0.05) is 12.1 Å². The third-order valence-corrected chi connectivity index (χ3v) is 3.59. The zero-order valence-electron chi connectivity index (χ0n) is 10.3. The molecule has 0 radical (unpaired) electrons. The second-order valence-electron chi connectivity index (χ2n) is 4.18. The van der Waals surface area contributed by atoms with Gasteiger partial charge in [0, 0.05) is 25.2 Å². The van der Waals surface area contributed by atoms with E-state index >= 15 is 0 Å². The topological polar surface area (TPSA) is 28.2 Å². The summed E-state index contributed by atoms with van der Waals surface area (Å²) in [6.07, 6.45) is 1.92. The first-order valence-corrected chi connectivity index (χ1v) is 6.47. The van der Waals surface area contributed by atoms with Crippen molar-refractivity contribution in [2.24, 2.45) is 0 Å². The highest BCUT2D eigenvalue weighted by Crippen LogP contribution is 2.28. The molecule has 0 aliphatic rings. The summed E-state index contributed by atoms with van der Waals surface area (Å²) in [5.41, 5.74) is 4.22. The van der Waals surface area contributed by atoms with Crippen molar-refractivity contribution in [3.63, 3.8) is 0 Å². The zero-order valence-corrected chi connectivity index (χ0v) is 11.2. The average Bonchev–Trinajstić information content (AvgIpc) is 2.83. The minimum atomic E-state index is 0.281. The average molecular weight is 247 g/mol. The van der Waals surface area contributed by atoms with Gasteiger partial charge in [-0.15, -0.1) is 11.3 Å². The number of para-hydroxylation sites is 2. The number of nitrogens with one attached hydrogen (secondary N) is 1. The van der Waals surface area contributed by atoms with Gasteiger partial charge in [-0.2, -0.15) is 0 Å². The first-order chi connectivity index (χ1) is 8.18. The Morgan fingerprint density at radius 1 is 1.29 bits per heavy atom. The highest BCUT2D eigenvalue weighted by Gasteiger charge is 2.09. The Balaban J connectivity index is 2.18. The number of thiazole rings is 1. The van der Waals surface area contributed by atoms with Crippen molar-refractivity contribution in [2.75, 3.05) is 24.3 Å². The van der Waals surface area contributed by atoms with Crippen molar-refractivity contribution in [1.82, 2.24) is 4.98 Å². The molecule has 2 aromatic rings. The predicted octanol–water partition coefficient (Wildman–Crippen LogP) is 3.38. The monoisotopic (exact) mass is 247 g/mol. The van der Waals surface area contributed by atoms with Gasteiger partial charge in [0.1, 0.15) is 0 Å². The summed E-state index contributed by atoms with van der Waals surface area (Å²) >= 11 is 1.68. The lowest BCUT2D eigenvalue weighted by Gasteiger charge is -2.21. The minimum Gasteiger partial charge on any atom is -0.376 e. The second kappa shape index (κ2) is 5.19. The molecule has 1 N–H and O–H groups in total. The van der Waals surface area contributed by atoms with Crippen LogP contribution in [-0.4, -0.2) is 19.1 Å². The van der Waals surface area contributed by atoms with Crippen LogP contribution in [0.4, 0.5) is 11.4 Å². The lowest BCUT2D eigenvalue weighted by atomic mass is 10.2. The molecular formula is C13H17N3S. The predicted molar refractivity (Wildman–Crippen MR) is 74.9 cm³/mol. The van der Waals surface area contributed by atoms with Crippen LogP contribution >= 0.6 is 11.3 Å². The molecule has 17 heavy (non-hydrogen) atoms. The van der Waals surface area contributed by atoms with E-state index in [1.54, 1.807) is 11.3 Å². The first-order valence-electron chi connectivity index (χ1n) is 5.59. The lowest BCUT2D eigenvalue weighted by molar-refractivity contribution is 0.901. The van der Waals surface area contributed by atoms with E-state index in [1.807, 2.05) is 11.7 Å². The van der Waals surface area contributed by atoms with Crippen molar-refractivity contribution in [2.45, 2.75) is 13.0 Å². The number of rotatable bonds is 4. The van der Waals surface area contributed by atoms with E-state index in [4.69, 9.17) is 0 Å². The van der Waals surface area contributed by atoms with E-state index in [2.05, 4.69) is 60.5 Å². The molecule has 1 aromatic heterocycles. The van der Waals surface area contributed by atoms with Gasteiger partial charge < -0.3 is 10.2 Å². The van der Waals surface area contributed by atoms with Crippen LogP contribution in [-0.2, 0) is 0 Å². The van der Waals surface area contributed by atoms with E-state index in [9.17, 15) is 0 Å². The maximum Gasteiger partial charge on any atom is 0.0795 e. The molecule has 1 heterocycles. The van der Waals surface area contributed by atoms with Crippen molar-refractivity contribution in [3.05, 3.63) is 40.8 Å². The third kappa shape index (κ3) is 2.77. The Labute approximate surface area is 106 Å². The van der Waals surface area contributed by atoms with Crippen LogP contribution in [0.3, 0.4) is 0 Å². The van der Waals surface area contributed by atoms with Gasteiger partial charge in [0.2, 0.25) is 0 Å². The molecule has 3 nitrogen and oxygen atoms in total. The SMILES string of the molecule is CC(Nc1ccccc1N(C)C)c1cncs1. The van der Waals surface area contributed by atoms with E-state index in [-0.39, 0.29) is 6.04 Å². The van der Waals surface area contributed by atoms with E-state index in [1.165, 1.54) is 10.6 Å². The Hall–Kier alpha value is -1.55. The highest BCUT2D eigenvalue weighted by molar-refractivity contribution is 7.09. The second-order valence-corrected chi connectivity index (χ2v) is 5.10. The number of hydrogen-bond acceptors (Lipinski definition) is 4. The summed E-state index contributed by atoms with van der Waals surface area (Å²) in [4.78, 5) is 7.47. The van der Waals surface area contributed by atoms with Crippen LogP contribution in [0.2, 0.25) is 0 Å². The Morgan fingerprint density at radius 2 is 2.06 bits per heavy atom. The fourth-order valence-electron chi connectivity index (χ4n) is 1.73. The molecule has 0 saturated carbocycles. The molecule has 0 aliphatic heterocycles. The van der Waals surface area contributed by atoms with Gasteiger partial charge in [0.25, 0.3) is 0 Å². The summed E-state index contributed by atoms with van der Waals surface area (Å²) in [6.45, 7) is 2.15. The van der Waals surface area contributed by atoms with Gasteiger partial charge in [-0.25, -0.2) is 0 Å². The van der Waals surface area contributed by atoms with E-state index < -0.39 is 0 Å². The molecule has 0 spiro atoms. The Kier molecular flexibility index (Phi) is 3.64. The number of aromatic nitrogens is 1. The fourth-order valence-corrected chi connectivity index (χ4v) is 2.36. The van der Waals surface area contributed by atoms with Crippen molar-refractivity contribution < 1.29 is 0 Å². The van der Waals surface area contributed by atoms with Gasteiger partial charge in [-0.3, -0.25) is 4.98 Å². The fraction of sp³-hybridized carbons (Fsp3) is 0.308. The highest BCUT2D eigenvalue weighted by atomic mass is 32.1. The Bertz CT molecular complexity index is 465. The molecule has 0 aliphatic carbocycles. The normalized spacial score (nSPS) is 12.2. The summed E-state index contributed by atoms with van der Waals surface area (Å²) in [5.74, 6) is 0. The van der Waals surface area contributed by atoms with Crippen LogP contribution in [0.15, 0.2) is 36.0 Å². The quantitative estimate of drug-likeness (QED) is 0.897. The van der Waals surface area contributed by atoms with Crippen LogP contribution in [0.5, 0.6) is 0 Å². The minimum absolute atomic E-state index is 0.281. The number of anilines is 2. The standard InChI is InChI=1S/C13H17N3S/c1-10(13-8-14-9-17-13)15-11-6-4-5-7-12(11)16(2)3/h4-10,15H,1-3H3.